The lowest BCUT2D eigenvalue weighted by Gasteiger charge is -2.50. The molecule has 0 aromatic carbocycles. The van der Waals surface area contributed by atoms with Crippen LogP contribution in [0.1, 0.15) is 46.0 Å². The first-order chi connectivity index (χ1) is 8.49. The molecule has 4 nitrogen and oxygen atoms in total. The first-order valence-electron chi connectivity index (χ1n) is 7.30. The van der Waals surface area contributed by atoms with Crippen LogP contribution in [0.15, 0.2) is 0 Å². The van der Waals surface area contributed by atoms with E-state index in [1.165, 1.54) is 19.3 Å². The average Bonchev–Trinajstić information content (AvgIpc) is 2.27. The molecule has 0 radical (unpaired) electrons. The summed E-state index contributed by atoms with van der Waals surface area (Å²) in [6.07, 6.45) is 6.14. The summed E-state index contributed by atoms with van der Waals surface area (Å²) in [5.41, 5.74) is 6.14. The SMILES string of the molecule is CC(C)C1(N)CN(CC(=O)NC2CCCCC2)C1. The number of hydrogen-bond donors (Lipinski definition) is 2. The fourth-order valence-corrected chi connectivity index (χ4v) is 2.99. The highest BCUT2D eigenvalue weighted by molar-refractivity contribution is 5.78. The molecule has 0 atom stereocenters. The molecule has 1 aliphatic heterocycles. The number of nitrogens with one attached hydrogen (secondary N) is 1. The highest BCUT2D eigenvalue weighted by atomic mass is 16.2. The Morgan fingerprint density at radius 1 is 1.33 bits per heavy atom. The van der Waals surface area contributed by atoms with Crippen molar-refractivity contribution in [3.63, 3.8) is 0 Å². The molecular formula is C14H27N3O. The lowest BCUT2D eigenvalue weighted by Crippen LogP contribution is -2.70. The predicted molar refractivity (Wildman–Crippen MR) is 73.2 cm³/mol. The van der Waals surface area contributed by atoms with Gasteiger partial charge in [-0.15, -0.1) is 0 Å². The van der Waals surface area contributed by atoms with Gasteiger partial charge in [-0.2, -0.15) is 0 Å². The van der Waals surface area contributed by atoms with E-state index in [1.54, 1.807) is 0 Å². The third kappa shape index (κ3) is 3.23. The van der Waals surface area contributed by atoms with Crippen molar-refractivity contribution >= 4 is 5.91 Å². The maximum Gasteiger partial charge on any atom is 0.234 e. The molecule has 1 heterocycles. The van der Waals surface area contributed by atoms with Gasteiger partial charge in [0.25, 0.3) is 0 Å². The maximum absolute atomic E-state index is 11.9. The van der Waals surface area contributed by atoms with Crippen LogP contribution in [0.4, 0.5) is 0 Å². The predicted octanol–water partition coefficient (Wildman–Crippen LogP) is 1.10. The van der Waals surface area contributed by atoms with Crippen LogP contribution in [0.2, 0.25) is 0 Å². The topological polar surface area (TPSA) is 58.4 Å². The van der Waals surface area contributed by atoms with E-state index in [2.05, 4.69) is 24.1 Å². The summed E-state index contributed by atoms with van der Waals surface area (Å²) in [5, 5.41) is 3.15. The minimum Gasteiger partial charge on any atom is -0.352 e. The summed E-state index contributed by atoms with van der Waals surface area (Å²) < 4.78 is 0. The van der Waals surface area contributed by atoms with Gasteiger partial charge in [0, 0.05) is 24.7 Å². The fraction of sp³-hybridized carbons (Fsp3) is 0.929. The zero-order valence-corrected chi connectivity index (χ0v) is 11.7. The van der Waals surface area contributed by atoms with Gasteiger partial charge in [-0.05, 0) is 18.8 Å². The summed E-state index contributed by atoms with van der Waals surface area (Å²) in [4.78, 5) is 14.1. The van der Waals surface area contributed by atoms with E-state index >= 15 is 0 Å². The van der Waals surface area contributed by atoms with E-state index in [0.29, 0.717) is 18.5 Å². The number of hydrogen-bond acceptors (Lipinski definition) is 3. The van der Waals surface area contributed by atoms with Gasteiger partial charge < -0.3 is 11.1 Å². The molecule has 18 heavy (non-hydrogen) atoms. The van der Waals surface area contributed by atoms with Crippen molar-refractivity contribution < 1.29 is 4.79 Å². The van der Waals surface area contributed by atoms with Gasteiger partial charge in [0.05, 0.1) is 6.54 Å². The van der Waals surface area contributed by atoms with Crippen LogP contribution in [0.25, 0.3) is 0 Å². The van der Waals surface area contributed by atoms with Crippen molar-refractivity contribution in [3.8, 4) is 0 Å². The normalized spacial score (nSPS) is 24.9. The van der Waals surface area contributed by atoms with Gasteiger partial charge in [0.1, 0.15) is 0 Å². The standard InChI is InChI=1S/C14H27N3O/c1-11(2)14(15)9-17(10-14)8-13(18)16-12-6-4-3-5-7-12/h11-12H,3-10,15H2,1-2H3,(H,16,18). The van der Waals surface area contributed by atoms with Crippen LogP contribution in [-0.2, 0) is 4.79 Å². The molecule has 2 fully saturated rings. The molecule has 2 rings (SSSR count). The second kappa shape index (κ2) is 5.57. The van der Waals surface area contributed by atoms with Crippen molar-refractivity contribution in [2.75, 3.05) is 19.6 Å². The molecule has 0 unspecified atom stereocenters. The van der Waals surface area contributed by atoms with Crippen molar-refractivity contribution in [2.45, 2.75) is 57.5 Å². The van der Waals surface area contributed by atoms with Gasteiger partial charge in [0.2, 0.25) is 5.91 Å². The largest absolute Gasteiger partial charge is 0.352 e. The van der Waals surface area contributed by atoms with Crippen molar-refractivity contribution in [2.24, 2.45) is 11.7 Å². The summed E-state index contributed by atoms with van der Waals surface area (Å²) in [5.74, 6) is 0.655. The Bertz CT molecular complexity index is 291. The Hall–Kier alpha value is -0.610. The Kier molecular flexibility index (Phi) is 4.28. The minimum atomic E-state index is -0.0783. The van der Waals surface area contributed by atoms with Crippen molar-refractivity contribution in [1.82, 2.24) is 10.2 Å². The highest BCUT2D eigenvalue weighted by Gasteiger charge is 2.42. The molecule has 1 saturated heterocycles. The van der Waals surface area contributed by atoms with Gasteiger partial charge in [-0.1, -0.05) is 33.1 Å². The molecule has 3 N–H and O–H groups in total. The van der Waals surface area contributed by atoms with Crippen LogP contribution in [-0.4, -0.2) is 42.0 Å². The Morgan fingerprint density at radius 2 is 1.94 bits per heavy atom. The number of carbonyl (C=O) groups excluding carboxylic acids is 1. The number of nitrogens with two attached hydrogens (primary N) is 1. The Morgan fingerprint density at radius 3 is 2.50 bits per heavy atom. The third-order valence-electron chi connectivity index (χ3n) is 4.52. The van der Waals surface area contributed by atoms with Crippen LogP contribution in [0.5, 0.6) is 0 Å². The number of nitrogens with zero attached hydrogens (tertiary/aromatic N) is 1. The van der Waals surface area contributed by atoms with Crippen LogP contribution >= 0.6 is 0 Å². The lowest BCUT2D eigenvalue weighted by atomic mass is 9.80. The summed E-state index contributed by atoms with van der Waals surface area (Å²) >= 11 is 0. The third-order valence-corrected chi connectivity index (χ3v) is 4.52. The molecule has 2 aliphatic rings. The second-order valence-corrected chi connectivity index (χ2v) is 6.44. The number of amides is 1. The molecule has 0 aromatic rings. The smallest absolute Gasteiger partial charge is 0.234 e. The highest BCUT2D eigenvalue weighted by Crippen LogP contribution is 2.25. The molecular weight excluding hydrogens is 226 g/mol. The van der Waals surface area contributed by atoms with Crippen LogP contribution in [0, 0.1) is 5.92 Å². The van der Waals surface area contributed by atoms with E-state index in [-0.39, 0.29) is 11.4 Å². The maximum atomic E-state index is 11.9. The summed E-state index contributed by atoms with van der Waals surface area (Å²) in [7, 11) is 0. The van der Waals surface area contributed by atoms with Crippen molar-refractivity contribution in [1.29, 1.82) is 0 Å². The average molecular weight is 253 g/mol. The molecule has 0 aromatic heterocycles. The number of carbonyl (C=O) groups is 1. The minimum absolute atomic E-state index is 0.0783. The van der Waals surface area contributed by atoms with E-state index in [1.807, 2.05) is 0 Å². The van der Waals surface area contributed by atoms with E-state index in [9.17, 15) is 4.79 Å². The number of likely N-dealkylation sites (tertiary alicyclic amines) is 1. The second-order valence-electron chi connectivity index (χ2n) is 6.44. The molecule has 1 saturated carbocycles. The first-order valence-corrected chi connectivity index (χ1v) is 7.30. The van der Waals surface area contributed by atoms with Crippen LogP contribution in [0.3, 0.4) is 0 Å². The van der Waals surface area contributed by atoms with Gasteiger partial charge in [0.15, 0.2) is 0 Å². The summed E-state index contributed by atoms with van der Waals surface area (Å²) in [6, 6.07) is 0.417. The zero-order chi connectivity index (χ0) is 13.2. The van der Waals surface area contributed by atoms with Gasteiger partial charge in [-0.3, -0.25) is 9.69 Å². The van der Waals surface area contributed by atoms with E-state index in [4.69, 9.17) is 5.73 Å². The molecule has 0 spiro atoms. The van der Waals surface area contributed by atoms with E-state index in [0.717, 1.165) is 25.9 Å². The Labute approximate surface area is 110 Å². The molecule has 0 bridgehead atoms. The quantitative estimate of drug-likeness (QED) is 0.789. The fourth-order valence-electron chi connectivity index (χ4n) is 2.99. The molecule has 1 aliphatic carbocycles. The summed E-state index contributed by atoms with van der Waals surface area (Å²) in [6.45, 7) is 6.52. The Balaban J connectivity index is 1.67. The van der Waals surface area contributed by atoms with E-state index < -0.39 is 0 Å². The lowest BCUT2D eigenvalue weighted by molar-refractivity contribution is -0.125. The molecule has 1 amide bonds. The number of rotatable bonds is 4. The molecule has 104 valence electrons. The molecule has 4 heteroatoms. The van der Waals surface area contributed by atoms with Crippen molar-refractivity contribution in [3.05, 3.63) is 0 Å². The monoisotopic (exact) mass is 253 g/mol. The van der Waals surface area contributed by atoms with Gasteiger partial charge >= 0.3 is 0 Å². The first kappa shape index (κ1) is 13.8. The van der Waals surface area contributed by atoms with Crippen LogP contribution < -0.4 is 11.1 Å². The van der Waals surface area contributed by atoms with Gasteiger partial charge in [-0.25, -0.2) is 0 Å². The zero-order valence-electron chi connectivity index (χ0n) is 11.7.